The van der Waals surface area contributed by atoms with Crippen LogP contribution in [0, 0.1) is 0 Å². The van der Waals surface area contributed by atoms with Crippen molar-refractivity contribution in [1.82, 2.24) is 4.98 Å². The Morgan fingerprint density at radius 1 is 1.08 bits per heavy atom. The maximum atomic E-state index is 11.7. The lowest BCUT2D eigenvalue weighted by Crippen LogP contribution is -2.22. The third-order valence-electron chi connectivity index (χ3n) is 3.62. The number of carbonyl (C=O) groups is 2. The van der Waals surface area contributed by atoms with E-state index in [9.17, 15) is 14.7 Å². The van der Waals surface area contributed by atoms with Gasteiger partial charge in [-0.2, -0.15) is 0 Å². The fourth-order valence-electron chi connectivity index (χ4n) is 2.38. The number of ether oxygens (including phenoxy) is 1. The van der Waals surface area contributed by atoms with Gasteiger partial charge in [-0.1, -0.05) is 12.1 Å². The molecule has 3 rings (SSSR count). The Kier molecular flexibility index (Phi) is 5.80. The Bertz CT molecular complexity index is 872. The van der Waals surface area contributed by atoms with Crippen molar-refractivity contribution in [2.24, 2.45) is 0 Å². The molecule has 3 aromatic rings. The second-order valence-electron chi connectivity index (χ2n) is 5.66. The third-order valence-corrected chi connectivity index (χ3v) is 4.63. The van der Waals surface area contributed by atoms with Crippen molar-refractivity contribution in [2.75, 3.05) is 5.32 Å². The molecule has 2 aromatic carbocycles. The van der Waals surface area contributed by atoms with E-state index in [1.807, 2.05) is 24.3 Å². The summed E-state index contributed by atoms with van der Waals surface area (Å²) in [6.07, 6.45) is 0.285. The molecule has 0 saturated heterocycles. The van der Waals surface area contributed by atoms with E-state index in [1.54, 1.807) is 35.6 Å². The molecule has 0 aliphatic carbocycles. The first-order valence-electron chi connectivity index (χ1n) is 8.17. The molecule has 1 heterocycles. The van der Waals surface area contributed by atoms with Crippen LogP contribution in [-0.2, 0) is 16.2 Å². The van der Waals surface area contributed by atoms with Gasteiger partial charge in [0.15, 0.2) is 0 Å². The van der Waals surface area contributed by atoms with E-state index in [4.69, 9.17) is 4.74 Å². The van der Waals surface area contributed by atoms with Crippen molar-refractivity contribution >= 4 is 39.1 Å². The molecule has 0 aliphatic heterocycles. The van der Waals surface area contributed by atoms with E-state index in [0.717, 1.165) is 15.2 Å². The van der Waals surface area contributed by atoms with E-state index in [0.29, 0.717) is 18.0 Å². The van der Waals surface area contributed by atoms with Crippen molar-refractivity contribution < 1.29 is 19.4 Å². The minimum Gasteiger partial charge on any atom is -0.550 e. The van der Waals surface area contributed by atoms with Crippen LogP contribution in [0.25, 0.3) is 10.2 Å². The lowest BCUT2D eigenvalue weighted by Gasteiger charge is -2.08. The summed E-state index contributed by atoms with van der Waals surface area (Å²) in [5.41, 5.74) is 1.60. The molecule has 0 radical (unpaired) electrons. The minimum atomic E-state index is -1.15. The average Bonchev–Trinajstić information content (AvgIpc) is 3.04. The highest BCUT2D eigenvalue weighted by Crippen LogP contribution is 2.23. The van der Waals surface area contributed by atoms with Crippen LogP contribution in [0.4, 0.5) is 5.69 Å². The molecule has 0 spiro atoms. The summed E-state index contributed by atoms with van der Waals surface area (Å²) in [7, 11) is 0. The molecule has 134 valence electrons. The van der Waals surface area contributed by atoms with Gasteiger partial charge in [-0.15, -0.1) is 11.3 Å². The predicted molar refractivity (Wildman–Crippen MR) is 97.9 cm³/mol. The van der Waals surface area contributed by atoms with Crippen LogP contribution >= 0.6 is 11.3 Å². The normalized spacial score (nSPS) is 10.6. The number of aromatic nitrogens is 1. The summed E-state index contributed by atoms with van der Waals surface area (Å²) in [6.45, 7) is 0.383. The molecular weight excluding hydrogens is 352 g/mol. The van der Waals surface area contributed by atoms with E-state index in [1.165, 1.54) is 0 Å². The molecule has 1 aromatic heterocycles. The van der Waals surface area contributed by atoms with Gasteiger partial charge < -0.3 is 20.0 Å². The number of aliphatic carboxylic acids is 1. The molecule has 0 saturated carbocycles. The number of carbonyl (C=O) groups excluding carboxylic acids is 2. The Morgan fingerprint density at radius 3 is 2.58 bits per heavy atom. The number of hydrogen-bond acceptors (Lipinski definition) is 6. The second kappa shape index (κ2) is 8.44. The minimum absolute atomic E-state index is 0.119. The highest BCUT2D eigenvalue weighted by molar-refractivity contribution is 7.18. The number of anilines is 1. The van der Waals surface area contributed by atoms with E-state index in [-0.39, 0.29) is 25.2 Å². The van der Waals surface area contributed by atoms with Crippen molar-refractivity contribution in [1.29, 1.82) is 0 Å². The van der Waals surface area contributed by atoms with Crippen LogP contribution in [0.15, 0.2) is 48.5 Å². The van der Waals surface area contributed by atoms with E-state index in [2.05, 4.69) is 10.3 Å². The van der Waals surface area contributed by atoms with Gasteiger partial charge in [-0.3, -0.25) is 4.79 Å². The fraction of sp³-hybridized carbons (Fsp3) is 0.211. The molecule has 1 N–H and O–H groups in total. The zero-order valence-corrected chi connectivity index (χ0v) is 14.8. The van der Waals surface area contributed by atoms with Crippen LogP contribution in [0.1, 0.15) is 24.3 Å². The number of fused-ring (bicyclic) bond motifs is 1. The van der Waals surface area contributed by atoms with Crippen molar-refractivity contribution in [2.45, 2.75) is 25.9 Å². The largest absolute Gasteiger partial charge is 0.550 e. The molecule has 0 unspecified atom stereocenters. The second-order valence-corrected chi connectivity index (χ2v) is 6.78. The number of rotatable bonds is 8. The number of thiazole rings is 1. The number of carboxylic acid groups (broad SMARTS) is 1. The summed E-state index contributed by atoms with van der Waals surface area (Å²) in [5.74, 6) is -0.693. The van der Waals surface area contributed by atoms with Crippen LogP contribution in [0.2, 0.25) is 0 Å². The number of amides is 1. The van der Waals surface area contributed by atoms with Crippen molar-refractivity contribution in [3.05, 3.63) is 53.5 Å². The number of benzene rings is 2. The van der Waals surface area contributed by atoms with E-state index < -0.39 is 5.97 Å². The zero-order chi connectivity index (χ0) is 18.4. The fourth-order valence-corrected chi connectivity index (χ4v) is 3.26. The van der Waals surface area contributed by atoms with Crippen LogP contribution in [0.5, 0.6) is 5.75 Å². The molecule has 6 nitrogen and oxygen atoms in total. The van der Waals surface area contributed by atoms with Gasteiger partial charge in [0.05, 0.1) is 10.2 Å². The standard InChI is InChI=1S/C19H18N2O4S/c22-17(6-3-7-19(23)24)20-13-8-10-14(11-9-13)25-12-18-21-15-4-1-2-5-16(15)26-18/h1-2,4-5,8-11H,3,6-7,12H2,(H,20,22)(H,23,24)/p-1. The van der Waals surface area contributed by atoms with Gasteiger partial charge in [0, 0.05) is 18.1 Å². The lowest BCUT2D eigenvalue weighted by atomic mass is 10.2. The molecule has 0 fully saturated rings. The van der Waals surface area contributed by atoms with Gasteiger partial charge in [0.25, 0.3) is 0 Å². The Labute approximate surface area is 154 Å². The van der Waals surface area contributed by atoms with Crippen molar-refractivity contribution in [3.8, 4) is 5.75 Å². The van der Waals surface area contributed by atoms with Gasteiger partial charge in [0.1, 0.15) is 17.4 Å². The Balaban J connectivity index is 1.49. The molecule has 0 bridgehead atoms. The summed E-state index contributed by atoms with van der Waals surface area (Å²) in [6, 6.07) is 15.0. The molecule has 7 heteroatoms. The first-order chi connectivity index (χ1) is 12.6. The summed E-state index contributed by atoms with van der Waals surface area (Å²) >= 11 is 1.60. The van der Waals surface area contributed by atoms with Gasteiger partial charge in [-0.05, 0) is 49.2 Å². The average molecular weight is 369 g/mol. The van der Waals surface area contributed by atoms with Gasteiger partial charge >= 0.3 is 0 Å². The molecule has 1 amide bonds. The Morgan fingerprint density at radius 2 is 1.85 bits per heavy atom. The summed E-state index contributed by atoms with van der Waals surface area (Å²) < 4.78 is 6.86. The SMILES string of the molecule is O=C([O-])CCCC(=O)Nc1ccc(OCc2nc3ccccc3s2)cc1. The molecular formula is C19H17N2O4S-. The summed E-state index contributed by atoms with van der Waals surface area (Å²) in [5, 5.41) is 13.9. The zero-order valence-electron chi connectivity index (χ0n) is 13.9. The highest BCUT2D eigenvalue weighted by atomic mass is 32.1. The van der Waals surface area contributed by atoms with E-state index >= 15 is 0 Å². The lowest BCUT2D eigenvalue weighted by molar-refractivity contribution is -0.305. The predicted octanol–water partition coefficient (Wildman–Crippen LogP) is 2.73. The quantitative estimate of drug-likeness (QED) is 0.659. The summed E-state index contributed by atoms with van der Waals surface area (Å²) in [4.78, 5) is 26.6. The van der Waals surface area contributed by atoms with Gasteiger partial charge in [-0.25, -0.2) is 4.98 Å². The van der Waals surface area contributed by atoms with Crippen molar-refractivity contribution in [3.63, 3.8) is 0 Å². The molecule has 0 aliphatic rings. The number of nitrogens with one attached hydrogen (secondary N) is 1. The Hall–Kier alpha value is -2.93. The molecule has 26 heavy (non-hydrogen) atoms. The smallest absolute Gasteiger partial charge is 0.224 e. The monoisotopic (exact) mass is 369 g/mol. The first kappa shape index (κ1) is 17.9. The number of hydrogen-bond donors (Lipinski definition) is 1. The highest BCUT2D eigenvalue weighted by Gasteiger charge is 2.05. The number of carboxylic acids is 1. The van der Waals surface area contributed by atoms with Crippen LogP contribution < -0.4 is 15.2 Å². The van der Waals surface area contributed by atoms with Gasteiger partial charge in [0.2, 0.25) is 5.91 Å². The number of para-hydroxylation sites is 1. The van der Waals surface area contributed by atoms with Crippen LogP contribution in [-0.4, -0.2) is 16.9 Å². The molecule has 0 atom stereocenters. The first-order valence-corrected chi connectivity index (χ1v) is 8.99. The number of nitrogens with zero attached hydrogens (tertiary/aromatic N) is 1. The maximum absolute atomic E-state index is 11.7. The maximum Gasteiger partial charge on any atom is 0.224 e. The van der Waals surface area contributed by atoms with Crippen LogP contribution in [0.3, 0.4) is 0 Å². The topological polar surface area (TPSA) is 91.3 Å². The third kappa shape index (κ3) is 5.03.